The van der Waals surface area contributed by atoms with Crippen LogP contribution in [0, 0.1) is 11.7 Å². The Morgan fingerprint density at radius 3 is 2.48 bits per heavy atom. The van der Waals surface area contributed by atoms with Crippen molar-refractivity contribution in [2.75, 3.05) is 0 Å². The molecule has 0 spiro atoms. The lowest BCUT2D eigenvalue weighted by molar-refractivity contribution is -0.158. The molecule has 1 aromatic carbocycles. The molecule has 106 valence electrons. The van der Waals surface area contributed by atoms with Gasteiger partial charge in [-0.1, -0.05) is 6.07 Å². The minimum atomic E-state index is -1.35. The summed E-state index contributed by atoms with van der Waals surface area (Å²) >= 11 is 0. The fraction of sp³-hybridized carbons (Fsp3) is 0.286. The molecule has 3 aliphatic heterocycles. The maximum Gasteiger partial charge on any atom is 0.265 e. The minimum absolute atomic E-state index is 0.0393. The predicted octanol–water partition coefficient (Wildman–Crippen LogP) is 0.227. The number of piperidine rings is 2. The first-order valence-electron chi connectivity index (χ1n) is 6.48. The van der Waals surface area contributed by atoms with Gasteiger partial charge in [-0.15, -0.1) is 0 Å². The van der Waals surface area contributed by atoms with Gasteiger partial charge in [0.15, 0.2) is 0 Å². The third-order valence-corrected chi connectivity index (χ3v) is 4.49. The first-order chi connectivity index (χ1) is 9.95. The van der Waals surface area contributed by atoms with Crippen molar-refractivity contribution in [1.82, 2.24) is 10.2 Å². The van der Waals surface area contributed by atoms with E-state index in [0.29, 0.717) is 0 Å². The van der Waals surface area contributed by atoms with Crippen molar-refractivity contribution >= 4 is 23.6 Å². The van der Waals surface area contributed by atoms with Crippen LogP contribution < -0.4 is 5.32 Å². The molecule has 21 heavy (non-hydrogen) atoms. The molecule has 4 amide bonds. The molecule has 1 aliphatic carbocycles. The highest BCUT2D eigenvalue weighted by molar-refractivity contribution is 6.25. The SMILES string of the molecule is O=C1NC(=O)C2(N3C(=O)c4cccc(F)c4C3=O)CC1C2. The van der Waals surface area contributed by atoms with Gasteiger partial charge in [0, 0.05) is 5.92 Å². The van der Waals surface area contributed by atoms with Crippen molar-refractivity contribution in [1.29, 1.82) is 0 Å². The lowest BCUT2D eigenvalue weighted by atomic mass is 9.63. The van der Waals surface area contributed by atoms with E-state index >= 15 is 0 Å². The zero-order valence-corrected chi connectivity index (χ0v) is 10.7. The molecule has 2 bridgehead atoms. The Balaban J connectivity index is 1.81. The van der Waals surface area contributed by atoms with Crippen molar-refractivity contribution in [3.8, 4) is 0 Å². The highest BCUT2D eigenvalue weighted by Crippen LogP contribution is 2.48. The first-order valence-corrected chi connectivity index (χ1v) is 6.48. The Labute approximate surface area is 117 Å². The van der Waals surface area contributed by atoms with Crippen LogP contribution in [0.4, 0.5) is 4.39 Å². The zero-order chi connectivity index (χ0) is 14.9. The van der Waals surface area contributed by atoms with Gasteiger partial charge < -0.3 is 0 Å². The lowest BCUT2D eigenvalue weighted by Gasteiger charge is -2.52. The molecule has 1 N–H and O–H groups in total. The van der Waals surface area contributed by atoms with E-state index in [1.807, 2.05) is 0 Å². The van der Waals surface area contributed by atoms with Gasteiger partial charge >= 0.3 is 0 Å². The fourth-order valence-electron chi connectivity index (χ4n) is 3.37. The first kappa shape index (κ1) is 12.2. The summed E-state index contributed by atoms with van der Waals surface area (Å²) in [5, 5.41) is 2.16. The molecule has 0 unspecified atom stereocenters. The predicted molar refractivity (Wildman–Crippen MR) is 65.5 cm³/mol. The Kier molecular flexibility index (Phi) is 2.06. The second kappa shape index (κ2) is 3.55. The molecule has 0 aromatic heterocycles. The Hall–Kier alpha value is -2.57. The number of halogens is 1. The summed E-state index contributed by atoms with van der Waals surface area (Å²) in [6, 6.07) is 3.80. The Bertz CT molecular complexity index is 751. The van der Waals surface area contributed by atoms with Crippen molar-refractivity contribution in [3.63, 3.8) is 0 Å². The van der Waals surface area contributed by atoms with E-state index in [4.69, 9.17) is 0 Å². The molecule has 0 atom stereocenters. The largest absolute Gasteiger partial charge is 0.294 e. The Morgan fingerprint density at radius 2 is 1.86 bits per heavy atom. The molecule has 4 aliphatic rings. The number of carbonyl (C=O) groups is 4. The maximum absolute atomic E-state index is 13.8. The lowest BCUT2D eigenvalue weighted by Crippen LogP contribution is -2.74. The second-order valence-electron chi connectivity index (χ2n) is 5.56. The monoisotopic (exact) mass is 288 g/mol. The van der Waals surface area contributed by atoms with Crippen molar-refractivity contribution < 1.29 is 23.6 Å². The van der Waals surface area contributed by atoms with Gasteiger partial charge in [-0.25, -0.2) is 4.39 Å². The molecular formula is C14H9FN2O4. The molecule has 6 nitrogen and oxygen atoms in total. The number of nitrogens with one attached hydrogen (secondary N) is 1. The molecule has 7 heteroatoms. The van der Waals surface area contributed by atoms with E-state index in [0.717, 1.165) is 11.0 Å². The third kappa shape index (κ3) is 1.26. The molecule has 2 saturated heterocycles. The van der Waals surface area contributed by atoms with Gasteiger partial charge in [-0.05, 0) is 25.0 Å². The number of carbonyl (C=O) groups excluding carboxylic acids is 4. The average molecular weight is 288 g/mol. The van der Waals surface area contributed by atoms with E-state index in [2.05, 4.69) is 5.32 Å². The summed E-state index contributed by atoms with van der Waals surface area (Å²) in [6.45, 7) is 0. The van der Waals surface area contributed by atoms with Gasteiger partial charge in [-0.3, -0.25) is 29.4 Å². The van der Waals surface area contributed by atoms with Gasteiger partial charge in [0.2, 0.25) is 5.91 Å². The van der Waals surface area contributed by atoms with Crippen LogP contribution in [0.3, 0.4) is 0 Å². The maximum atomic E-state index is 13.8. The van der Waals surface area contributed by atoms with Crippen LogP contribution in [-0.2, 0) is 9.59 Å². The average Bonchev–Trinajstić information content (AvgIpc) is 2.63. The number of benzene rings is 1. The highest BCUT2D eigenvalue weighted by atomic mass is 19.1. The summed E-state index contributed by atoms with van der Waals surface area (Å²) in [7, 11) is 0. The number of nitrogens with zero attached hydrogens (tertiary/aromatic N) is 1. The normalized spacial score (nSPS) is 30.1. The summed E-state index contributed by atoms with van der Waals surface area (Å²) < 4.78 is 13.8. The van der Waals surface area contributed by atoms with E-state index in [1.54, 1.807) is 0 Å². The quantitative estimate of drug-likeness (QED) is 0.750. The number of hydrogen-bond donors (Lipinski definition) is 1. The fourth-order valence-corrected chi connectivity index (χ4v) is 3.37. The highest BCUT2D eigenvalue weighted by Gasteiger charge is 2.65. The van der Waals surface area contributed by atoms with Crippen molar-refractivity contribution in [2.24, 2.45) is 5.92 Å². The molecular weight excluding hydrogens is 279 g/mol. The van der Waals surface area contributed by atoms with Crippen LogP contribution in [0.1, 0.15) is 33.6 Å². The minimum Gasteiger partial charge on any atom is -0.294 e. The number of hydrogen-bond acceptors (Lipinski definition) is 4. The van der Waals surface area contributed by atoms with Crippen LogP contribution in [0.2, 0.25) is 0 Å². The molecule has 1 aromatic rings. The Morgan fingerprint density at radius 1 is 1.14 bits per heavy atom. The third-order valence-electron chi connectivity index (χ3n) is 4.49. The standard InChI is InChI=1S/C14H9FN2O4/c15-8-3-1-2-7-9(8)12(20)17(11(7)19)14-4-6(5-14)10(18)16-13(14)21/h1-3,6H,4-5H2,(H,16,18,21). The van der Waals surface area contributed by atoms with E-state index in [-0.39, 0.29) is 35.8 Å². The van der Waals surface area contributed by atoms with Crippen LogP contribution in [0.15, 0.2) is 18.2 Å². The van der Waals surface area contributed by atoms with Crippen LogP contribution in [0.5, 0.6) is 0 Å². The summed E-state index contributed by atoms with van der Waals surface area (Å²) in [6.07, 6.45) is 0.232. The molecule has 3 fully saturated rings. The van der Waals surface area contributed by atoms with Gasteiger partial charge in [-0.2, -0.15) is 0 Å². The topological polar surface area (TPSA) is 83.6 Å². The van der Waals surface area contributed by atoms with Crippen LogP contribution >= 0.6 is 0 Å². The zero-order valence-electron chi connectivity index (χ0n) is 10.7. The number of amides is 4. The van der Waals surface area contributed by atoms with Crippen molar-refractivity contribution in [2.45, 2.75) is 18.4 Å². The van der Waals surface area contributed by atoms with Crippen molar-refractivity contribution in [3.05, 3.63) is 35.1 Å². The van der Waals surface area contributed by atoms with E-state index in [9.17, 15) is 23.6 Å². The van der Waals surface area contributed by atoms with E-state index in [1.165, 1.54) is 12.1 Å². The van der Waals surface area contributed by atoms with Crippen LogP contribution in [-0.4, -0.2) is 34.1 Å². The number of fused-ring (bicyclic) bond motifs is 3. The smallest absolute Gasteiger partial charge is 0.265 e. The van der Waals surface area contributed by atoms with Gasteiger partial charge in [0.1, 0.15) is 11.4 Å². The molecule has 1 saturated carbocycles. The summed E-state index contributed by atoms with van der Waals surface area (Å²) in [4.78, 5) is 49.2. The summed E-state index contributed by atoms with van der Waals surface area (Å²) in [5.41, 5.74) is -1.69. The number of imide groups is 2. The van der Waals surface area contributed by atoms with E-state index < -0.39 is 29.1 Å². The van der Waals surface area contributed by atoms with Gasteiger partial charge in [0.25, 0.3) is 17.7 Å². The second-order valence-corrected chi connectivity index (χ2v) is 5.56. The molecule has 5 rings (SSSR count). The molecule has 3 heterocycles. The molecule has 0 radical (unpaired) electrons. The van der Waals surface area contributed by atoms with Crippen LogP contribution in [0.25, 0.3) is 0 Å². The van der Waals surface area contributed by atoms with Gasteiger partial charge in [0.05, 0.1) is 11.1 Å². The summed E-state index contributed by atoms with van der Waals surface area (Å²) in [5.74, 6) is -3.70. The number of rotatable bonds is 1.